The molecule has 0 aliphatic carbocycles. The molecule has 0 radical (unpaired) electrons. The Kier molecular flexibility index (Phi) is 19.9. The highest BCUT2D eigenvalue weighted by Gasteiger charge is 2.49. The van der Waals surface area contributed by atoms with Crippen molar-refractivity contribution in [3.8, 4) is 0 Å². The van der Waals surface area contributed by atoms with Crippen molar-refractivity contribution in [1.82, 2.24) is 29.8 Å². The first kappa shape index (κ1) is 65.8. The second-order valence-electron chi connectivity index (χ2n) is 26.5. The summed E-state index contributed by atoms with van der Waals surface area (Å²) in [6, 6.07) is 15.1. The number of rotatable bonds is 15. The van der Waals surface area contributed by atoms with Gasteiger partial charge in [-0.05, 0) is 165 Å². The molecule has 7 atom stereocenters. The molecule has 3 saturated heterocycles. The van der Waals surface area contributed by atoms with Gasteiger partial charge in [-0.2, -0.15) is 0 Å². The van der Waals surface area contributed by atoms with Gasteiger partial charge in [0.1, 0.15) is 52.5 Å². The third kappa shape index (κ3) is 15.2. The van der Waals surface area contributed by atoms with Crippen LogP contribution in [0.2, 0.25) is 0 Å². The van der Waals surface area contributed by atoms with Crippen LogP contribution in [0.1, 0.15) is 116 Å². The predicted molar refractivity (Wildman–Crippen MR) is 327 cm³/mol. The maximum Gasteiger partial charge on any atom is 0.410 e. The molecule has 1 unspecified atom stereocenters. The molecule has 5 aliphatic heterocycles. The number of fused-ring (bicyclic) bond motifs is 2. The lowest BCUT2D eigenvalue weighted by molar-refractivity contribution is -0.144. The number of benzene rings is 4. The van der Waals surface area contributed by atoms with Gasteiger partial charge >= 0.3 is 12.2 Å². The van der Waals surface area contributed by atoms with Gasteiger partial charge in [-0.25, -0.2) is 22.8 Å². The zero-order valence-electron chi connectivity index (χ0n) is 52.8. The van der Waals surface area contributed by atoms with E-state index in [4.69, 9.17) is 18.9 Å². The Morgan fingerprint density at radius 3 is 2.11 bits per heavy atom. The second-order valence-corrected chi connectivity index (χ2v) is 26.5. The van der Waals surface area contributed by atoms with E-state index < -0.39 is 93.8 Å². The molecule has 20 nitrogen and oxygen atoms in total. The van der Waals surface area contributed by atoms with Gasteiger partial charge in [0.2, 0.25) is 23.6 Å². The van der Waals surface area contributed by atoms with E-state index in [0.717, 1.165) is 34.2 Å². The number of carbonyl (C=O) groups excluding carboxylic acids is 7. The fourth-order valence-corrected chi connectivity index (χ4v) is 12.4. The number of carbonyl (C=O) groups is 7. The Hall–Kier alpha value is -7.60. The highest BCUT2D eigenvalue weighted by atomic mass is 19.1. The third-order valence-electron chi connectivity index (χ3n) is 17.5. The number of halogens is 3. The van der Waals surface area contributed by atoms with Crippen molar-refractivity contribution < 1.29 is 65.7 Å². The first-order valence-electron chi connectivity index (χ1n) is 30.6. The monoisotopic (exact) mass is 1240 g/mol. The van der Waals surface area contributed by atoms with Gasteiger partial charge in [-0.1, -0.05) is 36.4 Å². The molecule has 5 heterocycles. The van der Waals surface area contributed by atoms with Crippen molar-refractivity contribution in [2.75, 3.05) is 88.3 Å². The molecule has 5 aliphatic rings. The molecule has 0 bridgehead atoms. The molecule has 3 N–H and O–H groups in total. The van der Waals surface area contributed by atoms with Crippen molar-refractivity contribution in [3.63, 3.8) is 0 Å². The van der Waals surface area contributed by atoms with Crippen LogP contribution in [0.25, 0.3) is 0 Å². The summed E-state index contributed by atoms with van der Waals surface area (Å²) < 4.78 is 67.5. The Morgan fingerprint density at radius 1 is 0.775 bits per heavy atom. The van der Waals surface area contributed by atoms with E-state index in [-0.39, 0.29) is 73.9 Å². The average molecular weight is 1240 g/mol. The summed E-state index contributed by atoms with van der Waals surface area (Å²) in [5, 5.41) is 8.30. The van der Waals surface area contributed by atoms with Gasteiger partial charge in [0.05, 0.1) is 25.2 Å². The van der Waals surface area contributed by atoms with Gasteiger partial charge in [0.25, 0.3) is 5.91 Å². The summed E-state index contributed by atoms with van der Waals surface area (Å²) in [6.45, 7) is 20.9. The molecule has 0 spiro atoms. The first-order chi connectivity index (χ1) is 42.0. The van der Waals surface area contributed by atoms with Crippen LogP contribution < -0.4 is 20.9 Å². The molecule has 4 aromatic rings. The van der Waals surface area contributed by atoms with Gasteiger partial charge in [-0.15, -0.1) is 0 Å². The van der Waals surface area contributed by atoms with Crippen molar-refractivity contribution in [2.24, 2.45) is 5.92 Å². The summed E-state index contributed by atoms with van der Waals surface area (Å²) in [6.07, 6.45) is -0.119. The number of ether oxygens (including phenoxy) is 4. The number of likely N-dealkylation sites (N-methyl/N-ethyl adjacent to an activating group) is 1. The maximum absolute atomic E-state index is 15.4. The predicted octanol–water partition coefficient (Wildman–Crippen LogP) is 8.16. The molecular weight excluding hydrogens is 1150 g/mol. The lowest BCUT2D eigenvalue weighted by Crippen LogP contribution is -2.64. The van der Waals surface area contributed by atoms with Crippen molar-refractivity contribution >= 4 is 58.8 Å². The van der Waals surface area contributed by atoms with Crippen LogP contribution in [-0.2, 0) is 61.3 Å². The lowest BCUT2D eigenvalue weighted by atomic mass is 9.82. The number of piperazine rings is 1. The van der Waals surface area contributed by atoms with Gasteiger partial charge in [-0.3, -0.25) is 38.7 Å². The molecule has 0 saturated carbocycles. The summed E-state index contributed by atoms with van der Waals surface area (Å²) in [4.78, 5) is 112. The molecule has 7 amide bonds. The Bertz CT molecular complexity index is 3300. The Balaban J connectivity index is 1.02. The fraction of sp³-hybridized carbons (Fsp3) is 0.530. The van der Waals surface area contributed by atoms with E-state index in [1.54, 1.807) is 61.8 Å². The average Bonchev–Trinajstić information content (AvgIpc) is 1.64. The number of hydrogen-bond donors (Lipinski definition) is 3. The Morgan fingerprint density at radius 2 is 1.45 bits per heavy atom. The lowest BCUT2D eigenvalue weighted by Gasteiger charge is -2.47. The minimum absolute atomic E-state index is 0.0588. The minimum atomic E-state index is -1.56. The molecule has 89 heavy (non-hydrogen) atoms. The van der Waals surface area contributed by atoms with Crippen LogP contribution >= 0.6 is 0 Å². The summed E-state index contributed by atoms with van der Waals surface area (Å²) >= 11 is 0. The van der Waals surface area contributed by atoms with Crippen molar-refractivity contribution in [1.29, 1.82) is 0 Å². The molecule has 9 rings (SSSR count). The minimum Gasteiger partial charge on any atom is -0.444 e. The third-order valence-corrected chi connectivity index (χ3v) is 17.5. The standard InChI is InChI=1S/C66H84F3N9O11/c1-39-32-75(48(34-74-25-28-87-37-40(74)2)35-76(39)63(85)89-65(7,8)9)36-54(79)78-38-66(10,50-22-17-43(30-53(50)78)29-42-15-19-46(67)20-16-42)61(83)70-47-21-18-45-33-77(57(49(45)31-47)59(81)72-56-51(68)13-12-14-52(56)69)60(82)55(44-23-26-86-27-24-44)71-58(80)41(3)73(11)62(84)88-64(4,5)6/h12-22,30-31,39-41,44,48,55,57H,23-29,32-38H2,1-11H3,(H,70,83)(H,71,80)(H,72,81)/t39-,40-,41+,48+,55+,57+,66?/m1/s1. The number of para-hydroxylation sites is 1. The van der Waals surface area contributed by atoms with E-state index >= 15 is 23.2 Å². The normalized spacial score (nSPS) is 22.3. The van der Waals surface area contributed by atoms with Crippen LogP contribution in [-0.4, -0.2) is 180 Å². The summed E-state index contributed by atoms with van der Waals surface area (Å²) in [5.74, 6) is -6.17. The van der Waals surface area contributed by atoms with E-state index in [1.807, 2.05) is 45.9 Å². The molecule has 0 aromatic heterocycles. The largest absolute Gasteiger partial charge is 0.444 e. The molecule has 480 valence electrons. The van der Waals surface area contributed by atoms with Crippen LogP contribution in [0.15, 0.2) is 78.9 Å². The molecule has 23 heteroatoms. The number of hydrogen-bond acceptors (Lipinski definition) is 13. The highest BCUT2D eigenvalue weighted by Crippen LogP contribution is 2.44. The van der Waals surface area contributed by atoms with Gasteiger partial charge in [0.15, 0.2) is 0 Å². The van der Waals surface area contributed by atoms with E-state index in [0.29, 0.717) is 75.5 Å². The van der Waals surface area contributed by atoms with Crippen LogP contribution in [0.4, 0.5) is 39.8 Å². The number of nitrogens with one attached hydrogen (secondary N) is 3. The summed E-state index contributed by atoms with van der Waals surface area (Å²) in [5.41, 5.74) is -0.195. The van der Waals surface area contributed by atoms with E-state index in [2.05, 4.69) is 32.7 Å². The smallest absolute Gasteiger partial charge is 0.410 e. The quantitative estimate of drug-likeness (QED) is 0.103. The zero-order chi connectivity index (χ0) is 64.4. The molecular formula is C66H84F3N9O11. The SMILES string of the molecule is C[C@@H]1COCCN1C[C@H]1CN(C(=O)OC(C)(C)C)[C@H](C)CN1CC(=O)N1CC(C)(C(=O)Nc2ccc3c(c2)[C@@H](C(=O)Nc2c(F)cccc2F)N(C(=O)[C@@H](NC(=O)[C@H](C)N(C)C(=O)OC(C)(C)C)C2CCOCC2)C3)c2ccc(Cc3ccc(F)cc3)cc21. The van der Waals surface area contributed by atoms with Gasteiger partial charge in [0, 0.05) is 89.0 Å². The number of nitrogens with zero attached hydrogens (tertiary/aromatic N) is 6. The van der Waals surface area contributed by atoms with Gasteiger partial charge < -0.3 is 49.6 Å². The fourth-order valence-electron chi connectivity index (χ4n) is 12.4. The maximum atomic E-state index is 15.4. The van der Waals surface area contributed by atoms with Crippen LogP contribution in [0, 0.1) is 23.4 Å². The van der Waals surface area contributed by atoms with Crippen LogP contribution in [0.3, 0.4) is 0 Å². The van der Waals surface area contributed by atoms with E-state index in [9.17, 15) is 23.6 Å². The second kappa shape index (κ2) is 26.8. The first-order valence-corrected chi connectivity index (χ1v) is 30.6. The highest BCUT2D eigenvalue weighted by molar-refractivity contribution is 6.07. The van der Waals surface area contributed by atoms with Crippen molar-refractivity contribution in [3.05, 3.63) is 124 Å². The topological polar surface area (TPSA) is 212 Å². The number of amides is 7. The molecule has 3 fully saturated rings. The number of anilines is 3. The Labute approximate surface area is 518 Å². The van der Waals surface area contributed by atoms with Crippen LogP contribution in [0.5, 0.6) is 0 Å². The van der Waals surface area contributed by atoms with Crippen molar-refractivity contribution in [2.45, 2.75) is 148 Å². The summed E-state index contributed by atoms with van der Waals surface area (Å²) in [7, 11) is 1.40. The number of morpholine rings is 1. The molecule has 4 aromatic carbocycles. The van der Waals surface area contributed by atoms with E-state index in [1.165, 1.54) is 37.1 Å². The zero-order valence-corrected chi connectivity index (χ0v) is 52.8.